The van der Waals surface area contributed by atoms with E-state index in [0.29, 0.717) is 22.5 Å². The number of hydrogen-bond donors (Lipinski definition) is 0. The third-order valence-electron chi connectivity index (χ3n) is 4.39. The molecular weight excluding hydrogens is 362 g/mol. The molecule has 1 amide bonds. The van der Waals surface area contributed by atoms with Gasteiger partial charge in [0.15, 0.2) is 0 Å². The SMILES string of the molecule is CC(C)(C)N(Cc1ccccc1)C(=O)Cn1cnc2ccc(Cl)cc2c1=O. The molecule has 5 nitrogen and oxygen atoms in total. The first-order valence-corrected chi connectivity index (χ1v) is 9.12. The Balaban J connectivity index is 1.90. The van der Waals surface area contributed by atoms with E-state index in [9.17, 15) is 9.59 Å². The van der Waals surface area contributed by atoms with Crippen molar-refractivity contribution in [1.29, 1.82) is 0 Å². The molecule has 1 heterocycles. The molecule has 0 aliphatic heterocycles. The Kier molecular flexibility index (Phi) is 5.33. The standard InChI is InChI=1S/C21H22ClN3O2/c1-21(2,3)25(12-15-7-5-4-6-8-15)19(26)13-24-14-23-18-10-9-16(22)11-17(18)20(24)27/h4-11,14H,12-13H2,1-3H3. The predicted molar refractivity (Wildman–Crippen MR) is 108 cm³/mol. The second kappa shape index (κ2) is 7.53. The summed E-state index contributed by atoms with van der Waals surface area (Å²) < 4.78 is 1.34. The summed E-state index contributed by atoms with van der Waals surface area (Å²) in [5.74, 6) is -0.142. The molecule has 0 aliphatic rings. The highest BCUT2D eigenvalue weighted by atomic mass is 35.5. The highest BCUT2D eigenvalue weighted by molar-refractivity contribution is 6.31. The van der Waals surface area contributed by atoms with Crippen LogP contribution < -0.4 is 5.56 Å². The third kappa shape index (κ3) is 4.37. The first-order valence-electron chi connectivity index (χ1n) is 8.75. The summed E-state index contributed by atoms with van der Waals surface area (Å²) in [6, 6.07) is 14.8. The van der Waals surface area contributed by atoms with E-state index in [2.05, 4.69) is 4.98 Å². The number of benzene rings is 2. The molecule has 0 saturated heterocycles. The van der Waals surface area contributed by atoms with Crippen molar-refractivity contribution < 1.29 is 4.79 Å². The van der Waals surface area contributed by atoms with Crippen molar-refractivity contribution in [3.63, 3.8) is 0 Å². The molecule has 0 aliphatic carbocycles. The normalized spacial score (nSPS) is 11.6. The van der Waals surface area contributed by atoms with Crippen LogP contribution in [0, 0.1) is 0 Å². The highest BCUT2D eigenvalue weighted by Crippen LogP contribution is 2.19. The summed E-state index contributed by atoms with van der Waals surface area (Å²) in [6.07, 6.45) is 1.42. The lowest BCUT2D eigenvalue weighted by atomic mass is 10.0. The van der Waals surface area contributed by atoms with Crippen LogP contribution in [0.5, 0.6) is 0 Å². The van der Waals surface area contributed by atoms with Gasteiger partial charge in [0.2, 0.25) is 5.91 Å². The molecule has 27 heavy (non-hydrogen) atoms. The van der Waals surface area contributed by atoms with Crippen molar-refractivity contribution in [2.24, 2.45) is 0 Å². The van der Waals surface area contributed by atoms with Gasteiger partial charge in [-0.2, -0.15) is 0 Å². The largest absolute Gasteiger partial charge is 0.332 e. The van der Waals surface area contributed by atoms with Gasteiger partial charge in [-0.3, -0.25) is 14.2 Å². The van der Waals surface area contributed by atoms with E-state index in [1.165, 1.54) is 10.9 Å². The van der Waals surface area contributed by atoms with Gasteiger partial charge in [0.25, 0.3) is 5.56 Å². The Bertz CT molecular complexity index is 1020. The zero-order valence-corrected chi connectivity index (χ0v) is 16.4. The van der Waals surface area contributed by atoms with Gasteiger partial charge in [0.1, 0.15) is 6.54 Å². The molecule has 6 heteroatoms. The zero-order chi connectivity index (χ0) is 19.6. The van der Waals surface area contributed by atoms with Gasteiger partial charge in [0, 0.05) is 17.1 Å². The molecule has 0 bridgehead atoms. The van der Waals surface area contributed by atoms with Crippen molar-refractivity contribution in [1.82, 2.24) is 14.5 Å². The van der Waals surface area contributed by atoms with Crippen molar-refractivity contribution in [2.45, 2.75) is 39.4 Å². The minimum absolute atomic E-state index is 0.0710. The monoisotopic (exact) mass is 383 g/mol. The lowest BCUT2D eigenvalue weighted by Crippen LogP contribution is -2.47. The van der Waals surface area contributed by atoms with Crippen LogP contribution in [-0.4, -0.2) is 25.9 Å². The molecule has 3 aromatic rings. The number of hydrogen-bond acceptors (Lipinski definition) is 3. The second-order valence-corrected chi connectivity index (χ2v) is 7.91. The molecule has 140 valence electrons. The number of carbonyl (C=O) groups is 1. The Morgan fingerprint density at radius 1 is 1.15 bits per heavy atom. The molecular formula is C21H22ClN3O2. The van der Waals surface area contributed by atoms with E-state index >= 15 is 0 Å². The number of aromatic nitrogens is 2. The molecule has 0 fully saturated rings. The van der Waals surface area contributed by atoms with Crippen molar-refractivity contribution in [2.75, 3.05) is 0 Å². The molecule has 0 N–H and O–H groups in total. The van der Waals surface area contributed by atoms with Crippen molar-refractivity contribution in [3.8, 4) is 0 Å². The van der Waals surface area contributed by atoms with Gasteiger partial charge in [-0.15, -0.1) is 0 Å². The van der Waals surface area contributed by atoms with Gasteiger partial charge >= 0.3 is 0 Å². The Morgan fingerprint density at radius 3 is 2.52 bits per heavy atom. The lowest BCUT2D eigenvalue weighted by molar-refractivity contribution is -0.137. The summed E-state index contributed by atoms with van der Waals surface area (Å²) >= 11 is 6.00. The van der Waals surface area contributed by atoms with Gasteiger partial charge in [-0.1, -0.05) is 41.9 Å². The van der Waals surface area contributed by atoms with Crippen LogP contribution in [-0.2, 0) is 17.9 Å². The number of nitrogens with zero attached hydrogens (tertiary/aromatic N) is 3. The Morgan fingerprint density at radius 2 is 1.85 bits per heavy atom. The molecule has 2 aromatic carbocycles. The zero-order valence-electron chi connectivity index (χ0n) is 15.6. The predicted octanol–water partition coefficient (Wildman–Crippen LogP) is 3.88. The quantitative estimate of drug-likeness (QED) is 0.687. The highest BCUT2D eigenvalue weighted by Gasteiger charge is 2.27. The smallest absolute Gasteiger partial charge is 0.261 e. The average Bonchev–Trinajstić information content (AvgIpc) is 2.62. The minimum Gasteiger partial charge on any atom is -0.332 e. The van der Waals surface area contributed by atoms with Crippen LogP contribution in [0.3, 0.4) is 0 Å². The summed E-state index contributed by atoms with van der Waals surface area (Å²) in [6.45, 7) is 6.35. The Labute approximate surface area is 163 Å². The van der Waals surface area contributed by atoms with Gasteiger partial charge in [0.05, 0.1) is 17.2 Å². The summed E-state index contributed by atoms with van der Waals surface area (Å²) in [4.78, 5) is 31.8. The van der Waals surface area contributed by atoms with E-state index in [1.807, 2.05) is 51.1 Å². The van der Waals surface area contributed by atoms with E-state index in [4.69, 9.17) is 11.6 Å². The van der Waals surface area contributed by atoms with E-state index < -0.39 is 0 Å². The lowest BCUT2D eigenvalue weighted by Gasteiger charge is -2.36. The van der Waals surface area contributed by atoms with Crippen molar-refractivity contribution in [3.05, 3.63) is 75.8 Å². The maximum absolute atomic E-state index is 13.0. The molecule has 0 unspecified atom stereocenters. The van der Waals surface area contributed by atoms with Crippen molar-refractivity contribution >= 4 is 28.4 Å². The fraction of sp³-hybridized carbons (Fsp3) is 0.286. The van der Waals surface area contributed by atoms with Gasteiger partial charge < -0.3 is 4.90 Å². The summed E-state index contributed by atoms with van der Waals surface area (Å²) in [7, 11) is 0. The number of fused-ring (bicyclic) bond motifs is 1. The number of rotatable bonds is 4. The first kappa shape index (κ1) is 19.1. The maximum atomic E-state index is 13.0. The molecule has 0 spiro atoms. The molecule has 3 rings (SSSR count). The molecule has 1 aromatic heterocycles. The summed E-state index contributed by atoms with van der Waals surface area (Å²) in [5.41, 5.74) is 0.940. The van der Waals surface area contributed by atoms with E-state index in [0.717, 1.165) is 5.56 Å². The van der Waals surface area contributed by atoms with E-state index in [-0.39, 0.29) is 23.6 Å². The number of carbonyl (C=O) groups excluding carboxylic acids is 1. The summed E-state index contributed by atoms with van der Waals surface area (Å²) in [5, 5.41) is 0.869. The number of amides is 1. The van der Waals surface area contributed by atoms with Gasteiger partial charge in [-0.25, -0.2) is 4.98 Å². The van der Waals surface area contributed by atoms with Crippen LogP contribution >= 0.6 is 11.6 Å². The van der Waals surface area contributed by atoms with Crippen LogP contribution in [0.15, 0.2) is 59.7 Å². The van der Waals surface area contributed by atoms with Gasteiger partial charge in [-0.05, 0) is 44.5 Å². The fourth-order valence-corrected chi connectivity index (χ4v) is 3.11. The topological polar surface area (TPSA) is 55.2 Å². The van der Waals surface area contributed by atoms with E-state index in [1.54, 1.807) is 23.1 Å². The van der Waals surface area contributed by atoms with Crippen LogP contribution in [0.25, 0.3) is 10.9 Å². The van der Waals surface area contributed by atoms with Crippen LogP contribution in [0.2, 0.25) is 5.02 Å². The van der Waals surface area contributed by atoms with Crippen LogP contribution in [0.4, 0.5) is 0 Å². The third-order valence-corrected chi connectivity index (χ3v) is 4.62. The van der Waals surface area contributed by atoms with Crippen LogP contribution in [0.1, 0.15) is 26.3 Å². The molecule has 0 radical (unpaired) electrons. The Hall–Kier alpha value is -2.66. The first-order chi connectivity index (χ1) is 12.8. The molecule has 0 saturated carbocycles. The maximum Gasteiger partial charge on any atom is 0.261 e. The fourth-order valence-electron chi connectivity index (χ4n) is 2.94. The molecule has 0 atom stereocenters. The number of halogens is 1. The average molecular weight is 384 g/mol. The minimum atomic E-state index is -0.385. The second-order valence-electron chi connectivity index (χ2n) is 7.48.